The maximum Gasteiger partial charge on any atom is 2.00 e. The largest absolute Gasteiger partial charge is 2.00 e. The van der Waals surface area contributed by atoms with Crippen molar-refractivity contribution in [2.45, 2.75) is 0 Å². The first-order chi connectivity index (χ1) is 0. The molecule has 0 spiro atoms. The van der Waals surface area contributed by atoms with Gasteiger partial charge in [-0.25, -0.2) is 0 Å². The molecule has 0 heterocycles. The number of hydrogen-bond donors (Lipinski definition) is 0. The minimum absolute atomic E-state index is 0. The molecule has 0 aromatic heterocycles. The van der Waals surface area contributed by atoms with Crippen molar-refractivity contribution in [2.75, 3.05) is 0 Å². The van der Waals surface area contributed by atoms with Gasteiger partial charge in [-0.05, 0) is 0 Å². The van der Waals surface area contributed by atoms with E-state index in [2.05, 4.69) is 0 Å². The van der Waals surface area contributed by atoms with Crippen molar-refractivity contribution in [1.82, 2.24) is 0 Å². The molecular weight excluding hydrogens is 283 g/mol. The van der Waals surface area contributed by atoms with Crippen LogP contribution in [0.4, 0.5) is 0 Å². The number of rotatable bonds is 0. The van der Waals surface area contributed by atoms with E-state index in [1.54, 1.807) is 0 Å². The molecule has 0 aromatic rings. The van der Waals surface area contributed by atoms with Crippen LogP contribution in [0.2, 0.25) is 0 Å². The molecule has 0 fully saturated rings. The fourth-order valence-corrected chi connectivity index (χ4v) is 0. The molecule has 0 amide bonds. The van der Waals surface area contributed by atoms with Gasteiger partial charge in [-0.3, -0.25) is 0 Å². The SMILES string of the molecule is [Cu].[Fe].[H-].[H-].[La].[Mg+2]. The summed E-state index contributed by atoms with van der Waals surface area (Å²) in [7, 11) is 0. The van der Waals surface area contributed by atoms with Crippen LogP contribution >= 0.6 is 0 Å². The van der Waals surface area contributed by atoms with Crippen LogP contribution in [0.15, 0.2) is 0 Å². The Balaban J connectivity index is 0. The zero-order chi connectivity index (χ0) is 0. The van der Waals surface area contributed by atoms with Gasteiger partial charge in [0.25, 0.3) is 0 Å². The second-order valence-corrected chi connectivity index (χ2v) is 0. The van der Waals surface area contributed by atoms with Crippen LogP contribution in [0, 0.1) is 35.6 Å². The monoisotopic (exact) mass is 284 g/mol. The van der Waals surface area contributed by atoms with Crippen LogP contribution in [0.3, 0.4) is 0 Å². The van der Waals surface area contributed by atoms with Gasteiger partial charge in [-0.1, -0.05) is 0 Å². The molecule has 2 radical (unpaired) electrons. The van der Waals surface area contributed by atoms with Gasteiger partial charge in [0, 0.05) is 69.7 Å². The summed E-state index contributed by atoms with van der Waals surface area (Å²) in [6, 6.07) is 0. The van der Waals surface area contributed by atoms with Crippen LogP contribution in [-0.4, -0.2) is 23.1 Å². The third kappa shape index (κ3) is 8.89. The molecule has 0 aliphatic rings. The van der Waals surface area contributed by atoms with Crippen LogP contribution in [0.1, 0.15) is 2.85 Å². The Morgan fingerprint density at radius 2 is 1.25 bits per heavy atom. The van der Waals surface area contributed by atoms with E-state index in [-0.39, 0.29) is 95.6 Å². The standard InChI is InChI=1S/Cu.Fe.La.Mg.2H/q;;;+2;2*-1. The Bertz CT molecular complexity index is 13.5. The van der Waals surface area contributed by atoms with Gasteiger partial charge in [0.1, 0.15) is 0 Å². The van der Waals surface area contributed by atoms with Crippen molar-refractivity contribution >= 4 is 23.1 Å². The zero-order valence-electron chi connectivity index (χ0n) is 3.94. The normalized spacial score (nSPS) is 0. The Morgan fingerprint density at radius 3 is 1.25 bits per heavy atom. The molecule has 0 saturated heterocycles. The topological polar surface area (TPSA) is 0 Å². The fraction of sp³-hybridized carbons (Fsp3) is 0. The molecular formula is H2CuFeLaMg. The summed E-state index contributed by atoms with van der Waals surface area (Å²) in [5.74, 6) is 0. The minimum Gasteiger partial charge on any atom is -1.00 e. The van der Waals surface area contributed by atoms with Crippen LogP contribution in [-0.2, 0) is 34.1 Å². The van der Waals surface area contributed by atoms with Crippen LogP contribution < -0.4 is 0 Å². The molecule has 0 aromatic carbocycles. The molecule has 0 aliphatic heterocycles. The van der Waals surface area contributed by atoms with E-state index < -0.39 is 0 Å². The van der Waals surface area contributed by atoms with E-state index in [9.17, 15) is 0 Å². The molecule has 0 N–H and O–H groups in total. The van der Waals surface area contributed by atoms with E-state index in [1.807, 2.05) is 0 Å². The second kappa shape index (κ2) is 16.7. The molecule has 0 atom stereocenters. The molecule has 0 nitrogen and oxygen atoms in total. The predicted molar refractivity (Wildman–Crippen MR) is 7.98 cm³/mol. The molecule has 0 unspecified atom stereocenters. The van der Waals surface area contributed by atoms with E-state index in [0.717, 1.165) is 0 Å². The Morgan fingerprint density at radius 1 is 1.25 bits per heavy atom. The maximum absolute atomic E-state index is 0. The third-order valence-electron chi connectivity index (χ3n) is 0. The summed E-state index contributed by atoms with van der Waals surface area (Å²) in [5, 5.41) is 0. The second-order valence-electron chi connectivity index (χ2n) is 0. The smallest absolute Gasteiger partial charge is 1.00 e. The molecule has 0 bridgehead atoms. The molecule has 4 heteroatoms. The van der Waals surface area contributed by atoms with Gasteiger partial charge in [-0.2, -0.15) is 0 Å². The fourth-order valence-electron chi connectivity index (χ4n) is 0. The van der Waals surface area contributed by atoms with E-state index in [1.165, 1.54) is 0 Å². The van der Waals surface area contributed by atoms with Crippen LogP contribution in [0.25, 0.3) is 0 Å². The summed E-state index contributed by atoms with van der Waals surface area (Å²) < 4.78 is 0. The van der Waals surface area contributed by atoms with Gasteiger partial charge in [0.05, 0.1) is 0 Å². The van der Waals surface area contributed by atoms with Crippen molar-refractivity contribution in [2.24, 2.45) is 0 Å². The molecule has 4 heavy (non-hydrogen) atoms. The minimum atomic E-state index is 0. The first-order valence-corrected chi connectivity index (χ1v) is 0. The summed E-state index contributed by atoms with van der Waals surface area (Å²) in [5.41, 5.74) is 0. The zero-order valence-corrected chi connectivity index (χ0v) is 9.03. The van der Waals surface area contributed by atoms with Crippen LogP contribution in [0.5, 0.6) is 0 Å². The van der Waals surface area contributed by atoms with Crippen molar-refractivity contribution < 1.29 is 72.6 Å². The summed E-state index contributed by atoms with van der Waals surface area (Å²) >= 11 is 0. The predicted octanol–water partition coefficient (Wildman–Crippen LogP) is -0.161. The van der Waals surface area contributed by atoms with E-state index >= 15 is 0 Å². The average molecular weight is 285 g/mol. The van der Waals surface area contributed by atoms with Gasteiger partial charge in [0.15, 0.2) is 0 Å². The molecule has 0 aliphatic carbocycles. The summed E-state index contributed by atoms with van der Waals surface area (Å²) in [6.07, 6.45) is 0. The molecule has 0 rings (SSSR count). The Hall–Kier alpha value is 3.00. The first-order valence-electron chi connectivity index (χ1n) is 0. The van der Waals surface area contributed by atoms with Crippen molar-refractivity contribution in [3.05, 3.63) is 0 Å². The van der Waals surface area contributed by atoms with E-state index in [0.29, 0.717) is 0 Å². The first kappa shape index (κ1) is 28.0. The quantitative estimate of drug-likeness (QED) is 0.542. The maximum atomic E-state index is 0. The van der Waals surface area contributed by atoms with Gasteiger partial charge >= 0.3 is 23.1 Å². The number of hydrogen-bond acceptors (Lipinski definition) is 0. The average Bonchev–Trinajstić information content (AvgIpc) is 0. The van der Waals surface area contributed by atoms with Crippen molar-refractivity contribution in [1.29, 1.82) is 0 Å². The van der Waals surface area contributed by atoms with Gasteiger partial charge < -0.3 is 2.85 Å². The van der Waals surface area contributed by atoms with Gasteiger partial charge in [-0.15, -0.1) is 0 Å². The Labute approximate surface area is 93.9 Å². The molecule has 0 saturated carbocycles. The van der Waals surface area contributed by atoms with Crippen molar-refractivity contribution in [3.63, 3.8) is 0 Å². The summed E-state index contributed by atoms with van der Waals surface area (Å²) in [6.45, 7) is 0. The Kier molecular flexibility index (Phi) is 117. The van der Waals surface area contributed by atoms with Crippen molar-refractivity contribution in [3.8, 4) is 0 Å². The summed E-state index contributed by atoms with van der Waals surface area (Å²) in [4.78, 5) is 0. The molecule has 26 valence electrons. The third-order valence-corrected chi connectivity index (χ3v) is 0. The van der Waals surface area contributed by atoms with E-state index in [4.69, 9.17) is 0 Å². The van der Waals surface area contributed by atoms with Gasteiger partial charge in [0.2, 0.25) is 0 Å².